The second kappa shape index (κ2) is 9.39. The molecular formula is C20H25ClN4O2S. The number of rotatable bonds is 5. The third kappa shape index (κ3) is 5.45. The molecule has 2 aromatic rings. The van der Waals surface area contributed by atoms with Crippen LogP contribution in [0.5, 0.6) is 0 Å². The number of nitrogens with zero attached hydrogens (tertiary/aromatic N) is 3. The molecule has 1 aliphatic rings. The Kier molecular flexibility index (Phi) is 6.91. The average Bonchev–Trinajstić information content (AvgIpc) is 2.93. The van der Waals surface area contributed by atoms with Crippen molar-refractivity contribution in [2.24, 2.45) is 0 Å². The average molecular weight is 421 g/mol. The lowest BCUT2D eigenvalue weighted by Gasteiger charge is -2.25. The van der Waals surface area contributed by atoms with E-state index in [2.05, 4.69) is 15.2 Å². The zero-order chi connectivity index (χ0) is 20.1. The lowest BCUT2D eigenvalue weighted by Crippen LogP contribution is -2.38. The van der Waals surface area contributed by atoms with Gasteiger partial charge in [-0.2, -0.15) is 0 Å². The highest BCUT2D eigenvalue weighted by molar-refractivity contribution is 7.13. The van der Waals surface area contributed by atoms with E-state index in [1.165, 1.54) is 6.92 Å². The van der Waals surface area contributed by atoms with Crippen LogP contribution in [-0.4, -0.2) is 47.9 Å². The van der Waals surface area contributed by atoms with Gasteiger partial charge in [-0.15, -0.1) is 11.3 Å². The van der Waals surface area contributed by atoms with Crippen LogP contribution in [0, 0.1) is 6.92 Å². The molecule has 6 nitrogen and oxygen atoms in total. The van der Waals surface area contributed by atoms with Crippen LogP contribution in [0.1, 0.15) is 37.1 Å². The Hall–Kier alpha value is -2.12. The second-order valence-electron chi connectivity index (χ2n) is 7.00. The Balaban J connectivity index is 1.64. The molecule has 2 heterocycles. The van der Waals surface area contributed by atoms with Gasteiger partial charge in [0.25, 0.3) is 0 Å². The van der Waals surface area contributed by atoms with Gasteiger partial charge in [0.2, 0.25) is 11.8 Å². The van der Waals surface area contributed by atoms with Gasteiger partial charge in [0, 0.05) is 43.5 Å². The maximum atomic E-state index is 12.9. The standard InChI is InChI=1S/C20H25ClN4O2S/c1-14-13-28-20(22-14)25-9-3-8-24(10-11-25)19(27)12-18(23-15(2)26)16-4-6-17(21)7-5-16/h4-7,13,18H,3,8-12H2,1-2H3,(H,23,26). The van der Waals surface area contributed by atoms with Crippen LogP contribution in [0.3, 0.4) is 0 Å². The quantitative estimate of drug-likeness (QED) is 0.804. The number of thiazole rings is 1. The highest BCUT2D eigenvalue weighted by atomic mass is 35.5. The Bertz CT molecular complexity index is 824. The number of benzene rings is 1. The van der Waals surface area contributed by atoms with Crippen LogP contribution in [0.15, 0.2) is 29.6 Å². The first-order chi connectivity index (χ1) is 13.4. The summed E-state index contributed by atoms with van der Waals surface area (Å²) in [6.07, 6.45) is 1.13. The number of amides is 2. The van der Waals surface area contributed by atoms with Gasteiger partial charge in [-0.05, 0) is 31.0 Å². The van der Waals surface area contributed by atoms with Crippen molar-refractivity contribution in [2.75, 3.05) is 31.1 Å². The van der Waals surface area contributed by atoms with Gasteiger partial charge in [-0.25, -0.2) is 4.98 Å². The molecule has 1 aromatic carbocycles. The minimum absolute atomic E-state index is 0.0471. The Labute approximate surface area is 174 Å². The van der Waals surface area contributed by atoms with Crippen molar-refractivity contribution in [1.29, 1.82) is 0 Å². The van der Waals surface area contributed by atoms with Crippen molar-refractivity contribution in [3.8, 4) is 0 Å². The Morgan fingerprint density at radius 3 is 2.61 bits per heavy atom. The molecule has 1 atom stereocenters. The fourth-order valence-corrected chi connectivity index (χ4v) is 4.32. The number of nitrogens with one attached hydrogen (secondary N) is 1. The van der Waals surface area contributed by atoms with Gasteiger partial charge in [-0.3, -0.25) is 9.59 Å². The predicted molar refractivity (Wildman–Crippen MR) is 113 cm³/mol. The number of aromatic nitrogens is 1. The molecule has 8 heteroatoms. The van der Waals surface area contributed by atoms with Gasteiger partial charge in [0.05, 0.1) is 18.2 Å². The molecule has 0 radical (unpaired) electrons. The Morgan fingerprint density at radius 1 is 1.21 bits per heavy atom. The van der Waals surface area contributed by atoms with E-state index in [4.69, 9.17) is 11.6 Å². The summed E-state index contributed by atoms with van der Waals surface area (Å²) in [6, 6.07) is 6.89. The third-order valence-corrected chi connectivity index (χ3v) is 6.03. The molecule has 2 amide bonds. The summed E-state index contributed by atoms with van der Waals surface area (Å²) in [5.74, 6) is -0.111. The highest BCUT2D eigenvalue weighted by Gasteiger charge is 2.24. The first-order valence-corrected chi connectivity index (χ1v) is 10.7. The molecule has 0 bridgehead atoms. The van der Waals surface area contributed by atoms with E-state index in [1.54, 1.807) is 23.5 Å². The summed E-state index contributed by atoms with van der Waals surface area (Å²) >= 11 is 7.61. The number of carbonyl (C=O) groups excluding carboxylic acids is 2. The molecule has 150 valence electrons. The number of anilines is 1. The summed E-state index contributed by atoms with van der Waals surface area (Å²) < 4.78 is 0. The SMILES string of the molecule is CC(=O)NC(CC(=O)N1CCCN(c2nc(C)cs2)CC1)c1ccc(Cl)cc1. The van der Waals surface area contributed by atoms with Crippen LogP contribution in [0.4, 0.5) is 5.13 Å². The Morgan fingerprint density at radius 2 is 1.96 bits per heavy atom. The van der Waals surface area contributed by atoms with Crippen molar-refractivity contribution >= 4 is 39.9 Å². The fourth-order valence-electron chi connectivity index (χ4n) is 3.34. The molecular weight excluding hydrogens is 396 g/mol. The molecule has 1 unspecified atom stereocenters. The van der Waals surface area contributed by atoms with Crippen LogP contribution < -0.4 is 10.2 Å². The van der Waals surface area contributed by atoms with Gasteiger partial charge >= 0.3 is 0 Å². The van der Waals surface area contributed by atoms with Crippen molar-refractivity contribution in [3.63, 3.8) is 0 Å². The summed E-state index contributed by atoms with van der Waals surface area (Å²) in [4.78, 5) is 33.3. The van der Waals surface area contributed by atoms with Crippen molar-refractivity contribution in [2.45, 2.75) is 32.7 Å². The van der Waals surface area contributed by atoms with Crippen LogP contribution in [0.25, 0.3) is 0 Å². The number of halogens is 1. The summed E-state index contributed by atoms with van der Waals surface area (Å²) in [7, 11) is 0. The fraction of sp³-hybridized carbons (Fsp3) is 0.450. The number of aryl methyl sites for hydroxylation is 1. The molecule has 1 N–H and O–H groups in total. The molecule has 0 spiro atoms. The van der Waals surface area contributed by atoms with E-state index in [9.17, 15) is 9.59 Å². The highest BCUT2D eigenvalue weighted by Crippen LogP contribution is 2.23. The largest absolute Gasteiger partial charge is 0.349 e. The summed E-state index contributed by atoms with van der Waals surface area (Å²) in [6.45, 7) is 6.49. The lowest BCUT2D eigenvalue weighted by molar-refractivity contribution is -0.131. The number of carbonyl (C=O) groups is 2. The lowest BCUT2D eigenvalue weighted by atomic mass is 10.0. The van der Waals surface area contributed by atoms with E-state index < -0.39 is 0 Å². The first-order valence-electron chi connectivity index (χ1n) is 9.40. The second-order valence-corrected chi connectivity index (χ2v) is 8.27. The van der Waals surface area contributed by atoms with Gasteiger partial charge in [0.15, 0.2) is 5.13 Å². The number of hydrogen-bond acceptors (Lipinski definition) is 5. The molecule has 28 heavy (non-hydrogen) atoms. The molecule has 1 fully saturated rings. The van der Waals surface area contributed by atoms with Crippen molar-refractivity contribution < 1.29 is 9.59 Å². The van der Waals surface area contributed by atoms with Crippen molar-refractivity contribution in [1.82, 2.24) is 15.2 Å². The number of hydrogen-bond donors (Lipinski definition) is 1. The monoisotopic (exact) mass is 420 g/mol. The summed E-state index contributed by atoms with van der Waals surface area (Å²) in [5, 5.41) is 6.58. The maximum Gasteiger partial charge on any atom is 0.225 e. The minimum Gasteiger partial charge on any atom is -0.349 e. The van der Waals surface area contributed by atoms with Crippen LogP contribution in [0.2, 0.25) is 5.02 Å². The zero-order valence-electron chi connectivity index (χ0n) is 16.2. The maximum absolute atomic E-state index is 12.9. The minimum atomic E-state index is -0.358. The van der Waals surface area contributed by atoms with Gasteiger partial charge < -0.3 is 15.1 Å². The van der Waals surface area contributed by atoms with Crippen LogP contribution >= 0.6 is 22.9 Å². The summed E-state index contributed by atoms with van der Waals surface area (Å²) in [5.41, 5.74) is 1.90. The first kappa shape index (κ1) is 20.6. The third-order valence-electron chi connectivity index (χ3n) is 4.75. The van der Waals surface area contributed by atoms with E-state index in [0.29, 0.717) is 18.1 Å². The van der Waals surface area contributed by atoms with Crippen LogP contribution in [-0.2, 0) is 9.59 Å². The normalized spacial score (nSPS) is 15.8. The zero-order valence-corrected chi connectivity index (χ0v) is 17.7. The molecule has 1 aliphatic heterocycles. The molecule has 1 aromatic heterocycles. The van der Waals surface area contributed by atoms with E-state index in [-0.39, 0.29) is 24.3 Å². The predicted octanol–water partition coefficient (Wildman–Crippen LogP) is 3.41. The smallest absolute Gasteiger partial charge is 0.225 e. The van der Waals surface area contributed by atoms with Gasteiger partial charge in [0.1, 0.15) is 0 Å². The van der Waals surface area contributed by atoms with E-state index >= 15 is 0 Å². The molecule has 3 rings (SSSR count). The van der Waals surface area contributed by atoms with Crippen molar-refractivity contribution in [3.05, 3.63) is 45.9 Å². The molecule has 1 saturated heterocycles. The topological polar surface area (TPSA) is 65.5 Å². The molecule has 0 saturated carbocycles. The van der Waals surface area contributed by atoms with Gasteiger partial charge in [-0.1, -0.05) is 23.7 Å². The van der Waals surface area contributed by atoms with E-state index in [0.717, 1.165) is 35.9 Å². The molecule has 0 aliphatic carbocycles. The van der Waals surface area contributed by atoms with E-state index in [1.807, 2.05) is 29.3 Å².